The highest BCUT2D eigenvalue weighted by Gasteiger charge is 2.32. The number of nitrogens with one attached hydrogen (secondary N) is 1. The van der Waals surface area contributed by atoms with Gasteiger partial charge in [-0.25, -0.2) is 22.8 Å². The molecule has 3 heterocycles. The smallest absolute Gasteiger partial charge is 0.320 e. The van der Waals surface area contributed by atoms with Crippen molar-refractivity contribution in [1.82, 2.24) is 19.5 Å². The van der Waals surface area contributed by atoms with Gasteiger partial charge < -0.3 is 14.7 Å². The number of aliphatic carboxylic acids is 1. The molecule has 1 saturated heterocycles. The SMILES string of the molecule is COCC1CCN(c2cc(C(=O)NS(=O)(=O)CC(=O)O)nc3c2c(C2CCC2)nn3-c2ccccc2)CC1. The molecule has 38 heavy (non-hydrogen) atoms. The fourth-order valence-electron chi connectivity index (χ4n) is 5.17. The van der Waals surface area contributed by atoms with Crippen LogP contribution in [-0.4, -0.2) is 72.7 Å². The zero-order valence-corrected chi connectivity index (χ0v) is 22.0. The van der Waals surface area contributed by atoms with Crippen molar-refractivity contribution in [3.05, 3.63) is 47.8 Å². The molecule has 5 rings (SSSR count). The fraction of sp³-hybridized carbons (Fsp3) is 0.462. The van der Waals surface area contributed by atoms with Crippen LogP contribution in [0.25, 0.3) is 16.7 Å². The number of para-hydroxylation sites is 1. The number of carbonyl (C=O) groups excluding carboxylic acids is 1. The molecule has 1 aliphatic carbocycles. The summed E-state index contributed by atoms with van der Waals surface area (Å²) in [5, 5.41) is 14.8. The molecule has 3 aromatic rings. The van der Waals surface area contributed by atoms with Crippen LogP contribution in [0.1, 0.15) is 54.2 Å². The number of rotatable bonds is 9. The first-order chi connectivity index (χ1) is 18.3. The second-order valence-corrected chi connectivity index (χ2v) is 11.7. The van der Waals surface area contributed by atoms with Gasteiger partial charge in [-0.15, -0.1) is 0 Å². The van der Waals surface area contributed by atoms with Crippen LogP contribution >= 0.6 is 0 Å². The molecule has 1 amide bonds. The van der Waals surface area contributed by atoms with E-state index in [2.05, 4.69) is 9.88 Å². The molecule has 1 saturated carbocycles. The maximum Gasteiger partial charge on any atom is 0.320 e. The Labute approximate surface area is 220 Å². The normalized spacial score (nSPS) is 16.9. The number of methoxy groups -OCH3 is 1. The molecule has 0 atom stereocenters. The lowest BCUT2D eigenvalue weighted by Gasteiger charge is -2.34. The number of carboxylic acids is 1. The highest BCUT2D eigenvalue weighted by Crippen LogP contribution is 2.43. The molecule has 1 aliphatic heterocycles. The average molecular weight is 542 g/mol. The quantitative estimate of drug-likeness (QED) is 0.418. The predicted octanol–water partition coefficient (Wildman–Crippen LogP) is 2.70. The van der Waals surface area contributed by atoms with Gasteiger partial charge in [0.25, 0.3) is 5.91 Å². The van der Waals surface area contributed by atoms with Crippen LogP contribution < -0.4 is 9.62 Å². The van der Waals surface area contributed by atoms with Gasteiger partial charge in [0, 0.05) is 32.7 Å². The Morgan fingerprint density at radius 1 is 1.13 bits per heavy atom. The van der Waals surface area contributed by atoms with Crippen molar-refractivity contribution >= 4 is 38.6 Å². The van der Waals surface area contributed by atoms with Crippen LogP contribution in [0.4, 0.5) is 5.69 Å². The molecule has 2 aliphatic rings. The van der Waals surface area contributed by atoms with E-state index < -0.39 is 27.7 Å². The zero-order chi connectivity index (χ0) is 26.9. The summed E-state index contributed by atoms with van der Waals surface area (Å²) in [6.07, 6.45) is 4.99. The molecule has 2 fully saturated rings. The Morgan fingerprint density at radius 2 is 1.84 bits per heavy atom. The number of benzene rings is 1. The van der Waals surface area contributed by atoms with E-state index in [4.69, 9.17) is 14.9 Å². The van der Waals surface area contributed by atoms with Gasteiger partial charge in [-0.2, -0.15) is 5.10 Å². The molecule has 11 nitrogen and oxygen atoms in total. The average Bonchev–Trinajstić information content (AvgIpc) is 3.21. The van der Waals surface area contributed by atoms with Crippen LogP contribution in [0.2, 0.25) is 0 Å². The molecule has 2 N–H and O–H groups in total. The molecule has 0 bridgehead atoms. The number of hydrogen-bond donors (Lipinski definition) is 2. The Balaban J connectivity index is 1.64. The second-order valence-electron chi connectivity index (χ2n) is 9.96. The minimum atomic E-state index is -4.39. The van der Waals surface area contributed by atoms with E-state index in [9.17, 15) is 18.0 Å². The number of pyridine rings is 1. The molecule has 0 unspecified atom stereocenters. The minimum absolute atomic E-state index is 0.113. The Bertz CT molecular complexity index is 1440. The lowest BCUT2D eigenvalue weighted by Crippen LogP contribution is -2.37. The van der Waals surface area contributed by atoms with Gasteiger partial charge in [0.1, 0.15) is 5.69 Å². The highest BCUT2D eigenvalue weighted by molar-refractivity contribution is 7.90. The van der Waals surface area contributed by atoms with Crippen molar-refractivity contribution in [2.24, 2.45) is 5.92 Å². The molecular formula is C26H31N5O6S. The second kappa shape index (κ2) is 10.7. The molecular weight excluding hydrogens is 510 g/mol. The standard InChI is InChI=1S/C26H31N5O6S/c1-37-15-17-10-12-30(13-11-17)21-14-20(26(34)29-38(35,36)16-22(32)33)27-25-23(21)24(18-6-5-7-18)28-31(25)19-8-3-2-4-9-19/h2-4,8-9,14,17-18H,5-7,10-13,15-16H2,1H3,(H,29,34)(H,32,33). The first-order valence-electron chi connectivity index (χ1n) is 12.8. The number of carboxylic acid groups (broad SMARTS) is 1. The van der Waals surface area contributed by atoms with E-state index >= 15 is 0 Å². The summed E-state index contributed by atoms with van der Waals surface area (Å²) in [5.41, 5.74) is 2.85. The number of sulfonamides is 1. The molecule has 12 heteroatoms. The summed E-state index contributed by atoms with van der Waals surface area (Å²) in [5.74, 6) is -3.02. The van der Waals surface area contributed by atoms with Crippen LogP contribution in [0.15, 0.2) is 36.4 Å². The first kappa shape index (κ1) is 26.1. The van der Waals surface area contributed by atoms with Crippen LogP contribution in [0.5, 0.6) is 0 Å². The van der Waals surface area contributed by atoms with Crippen LogP contribution in [0.3, 0.4) is 0 Å². The van der Waals surface area contributed by atoms with E-state index in [0.29, 0.717) is 18.2 Å². The third kappa shape index (κ3) is 5.37. The highest BCUT2D eigenvalue weighted by atomic mass is 32.2. The van der Waals surface area contributed by atoms with Crippen molar-refractivity contribution in [3.8, 4) is 5.69 Å². The number of piperidine rings is 1. The number of carbonyl (C=O) groups is 2. The number of ether oxygens (including phenoxy) is 1. The molecule has 0 spiro atoms. The number of hydrogen-bond acceptors (Lipinski definition) is 8. The van der Waals surface area contributed by atoms with Gasteiger partial charge in [0.15, 0.2) is 11.4 Å². The third-order valence-electron chi connectivity index (χ3n) is 7.29. The van der Waals surface area contributed by atoms with Gasteiger partial charge in [0.05, 0.1) is 22.5 Å². The minimum Gasteiger partial charge on any atom is -0.480 e. The summed E-state index contributed by atoms with van der Waals surface area (Å²) in [7, 11) is -2.69. The molecule has 0 radical (unpaired) electrons. The van der Waals surface area contributed by atoms with Crippen molar-refractivity contribution in [3.63, 3.8) is 0 Å². The van der Waals surface area contributed by atoms with Crippen LogP contribution in [0, 0.1) is 5.92 Å². The summed E-state index contributed by atoms with van der Waals surface area (Å²) in [6.45, 7) is 2.17. The van der Waals surface area contributed by atoms with Gasteiger partial charge in [0.2, 0.25) is 10.0 Å². The van der Waals surface area contributed by atoms with Crippen molar-refractivity contribution in [2.45, 2.75) is 38.0 Å². The summed E-state index contributed by atoms with van der Waals surface area (Å²) < 4.78 is 33.4. The Hall–Kier alpha value is -3.51. The first-order valence-corrected chi connectivity index (χ1v) is 14.4. The largest absolute Gasteiger partial charge is 0.480 e. The van der Waals surface area contributed by atoms with Gasteiger partial charge >= 0.3 is 5.97 Å². The Kier molecular flexibility index (Phi) is 7.35. The topological polar surface area (TPSA) is 144 Å². The van der Waals surface area contributed by atoms with Crippen LogP contribution in [-0.2, 0) is 19.6 Å². The van der Waals surface area contributed by atoms with E-state index in [0.717, 1.165) is 67.6 Å². The lowest BCUT2D eigenvalue weighted by molar-refractivity contribution is -0.134. The third-order valence-corrected chi connectivity index (χ3v) is 8.41. The van der Waals surface area contributed by atoms with Crippen molar-refractivity contribution < 1.29 is 27.9 Å². The molecule has 202 valence electrons. The summed E-state index contributed by atoms with van der Waals surface area (Å²) in [6, 6.07) is 11.1. The van der Waals surface area contributed by atoms with Gasteiger partial charge in [-0.1, -0.05) is 24.6 Å². The number of nitrogens with zero attached hydrogens (tertiary/aromatic N) is 4. The van der Waals surface area contributed by atoms with E-state index in [1.807, 2.05) is 35.1 Å². The molecule has 1 aromatic carbocycles. The predicted molar refractivity (Wildman–Crippen MR) is 141 cm³/mol. The van der Waals surface area contributed by atoms with Crippen molar-refractivity contribution in [1.29, 1.82) is 0 Å². The summed E-state index contributed by atoms with van der Waals surface area (Å²) >= 11 is 0. The maximum atomic E-state index is 13.1. The maximum absolute atomic E-state index is 13.1. The summed E-state index contributed by atoms with van der Waals surface area (Å²) in [4.78, 5) is 30.9. The fourth-order valence-corrected chi connectivity index (χ4v) is 5.96. The number of amides is 1. The van der Waals surface area contributed by atoms with E-state index in [1.165, 1.54) is 0 Å². The van der Waals surface area contributed by atoms with E-state index in [-0.39, 0.29) is 11.6 Å². The number of aromatic nitrogens is 3. The van der Waals surface area contributed by atoms with Crippen molar-refractivity contribution in [2.75, 3.05) is 37.5 Å². The monoisotopic (exact) mass is 541 g/mol. The zero-order valence-electron chi connectivity index (χ0n) is 21.2. The van der Waals surface area contributed by atoms with Gasteiger partial charge in [-0.05, 0) is 49.8 Å². The Morgan fingerprint density at radius 3 is 2.45 bits per heavy atom. The van der Waals surface area contributed by atoms with E-state index in [1.54, 1.807) is 17.9 Å². The van der Waals surface area contributed by atoms with Gasteiger partial charge in [-0.3, -0.25) is 9.59 Å². The molecule has 2 aromatic heterocycles. The number of anilines is 1. The number of fused-ring (bicyclic) bond motifs is 1. The lowest BCUT2D eigenvalue weighted by atomic mass is 9.82.